The van der Waals surface area contributed by atoms with Crippen LogP contribution in [0.15, 0.2) is 53.5 Å². The van der Waals surface area contributed by atoms with Crippen LogP contribution in [0.25, 0.3) is 0 Å². The molecule has 2 rings (SSSR count). The second kappa shape index (κ2) is 12.6. The van der Waals surface area contributed by atoms with E-state index in [0.29, 0.717) is 25.5 Å². The molecule has 0 saturated heterocycles. The number of hydrogen-bond acceptors (Lipinski definition) is 2. The number of rotatable bonds is 7. The van der Waals surface area contributed by atoms with E-state index >= 15 is 0 Å². The summed E-state index contributed by atoms with van der Waals surface area (Å²) in [6, 6.07) is 15.5. The van der Waals surface area contributed by atoms with Gasteiger partial charge in [-0.3, -0.25) is 9.79 Å². The fourth-order valence-electron chi connectivity index (χ4n) is 2.44. The fraction of sp³-hybridized carbons (Fsp3) is 0.300. The third-order valence-electron chi connectivity index (χ3n) is 3.78. The van der Waals surface area contributed by atoms with Gasteiger partial charge in [0.15, 0.2) is 5.96 Å². The van der Waals surface area contributed by atoms with Crippen LogP contribution in [0.1, 0.15) is 30.9 Å². The number of guanidine groups is 1. The SMILES string of the molecule is CCCC(=O)Nc1cccc(CNC(=NC)NCc2ccccc2Cl)c1.I. The van der Waals surface area contributed by atoms with E-state index in [1.54, 1.807) is 7.05 Å². The van der Waals surface area contributed by atoms with Crippen LogP contribution in [0, 0.1) is 0 Å². The normalized spacial score (nSPS) is 10.7. The molecular formula is C20H26ClIN4O. The van der Waals surface area contributed by atoms with E-state index in [1.165, 1.54) is 0 Å². The van der Waals surface area contributed by atoms with Crippen LogP contribution in [0.4, 0.5) is 5.69 Å². The number of nitrogens with one attached hydrogen (secondary N) is 3. The number of carbonyl (C=O) groups is 1. The topological polar surface area (TPSA) is 65.5 Å². The summed E-state index contributed by atoms with van der Waals surface area (Å²) in [4.78, 5) is 15.9. The molecule has 0 radical (unpaired) electrons. The molecule has 0 unspecified atom stereocenters. The molecule has 0 heterocycles. The minimum atomic E-state index is 0. The summed E-state index contributed by atoms with van der Waals surface area (Å²) in [5, 5.41) is 10.1. The molecule has 0 bridgehead atoms. The first-order chi connectivity index (χ1) is 12.6. The molecule has 0 fully saturated rings. The summed E-state index contributed by atoms with van der Waals surface area (Å²) in [5.74, 6) is 0.722. The molecule has 5 nitrogen and oxygen atoms in total. The predicted molar refractivity (Wildman–Crippen MR) is 124 cm³/mol. The lowest BCUT2D eigenvalue weighted by Gasteiger charge is -2.13. The maximum absolute atomic E-state index is 11.7. The van der Waals surface area contributed by atoms with Crippen molar-refractivity contribution in [3.63, 3.8) is 0 Å². The fourth-order valence-corrected chi connectivity index (χ4v) is 2.64. The number of carbonyl (C=O) groups excluding carboxylic acids is 1. The zero-order valence-corrected chi connectivity index (χ0v) is 18.7. The highest BCUT2D eigenvalue weighted by Crippen LogP contribution is 2.14. The molecule has 0 aliphatic heterocycles. The van der Waals surface area contributed by atoms with Crippen LogP contribution in [-0.2, 0) is 17.9 Å². The minimum absolute atomic E-state index is 0. The van der Waals surface area contributed by atoms with Crippen LogP contribution in [0.5, 0.6) is 0 Å². The van der Waals surface area contributed by atoms with Gasteiger partial charge in [-0.25, -0.2) is 0 Å². The molecule has 0 saturated carbocycles. The molecule has 3 N–H and O–H groups in total. The molecule has 0 spiro atoms. The maximum Gasteiger partial charge on any atom is 0.224 e. The zero-order valence-electron chi connectivity index (χ0n) is 15.6. The molecule has 0 aromatic heterocycles. The van der Waals surface area contributed by atoms with E-state index in [-0.39, 0.29) is 29.9 Å². The van der Waals surface area contributed by atoms with Gasteiger partial charge in [-0.15, -0.1) is 24.0 Å². The van der Waals surface area contributed by atoms with Crippen molar-refractivity contribution in [2.45, 2.75) is 32.9 Å². The highest BCUT2D eigenvalue weighted by molar-refractivity contribution is 14.0. The number of aliphatic imine (C=N–C) groups is 1. The van der Waals surface area contributed by atoms with Crippen molar-refractivity contribution in [1.29, 1.82) is 0 Å². The molecular weight excluding hydrogens is 475 g/mol. The van der Waals surface area contributed by atoms with Crippen molar-refractivity contribution in [2.75, 3.05) is 12.4 Å². The zero-order chi connectivity index (χ0) is 18.8. The standard InChI is InChI=1S/C20H25ClN4O.HI/c1-3-7-19(26)25-17-10-6-8-15(12-17)13-23-20(22-2)24-14-16-9-4-5-11-18(16)21;/h4-6,8-12H,3,7,13-14H2,1-2H3,(H,25,26)(H2,22,23,24);1H. The van der Waals surface area contributed by atoms with Gasteiger partial charge in [0, 0.05) is 37.3 Å². The maximum atomic E-state index is 11.7. The Morgan fingerprint density at radius 2 is 1.81 bits per heavy atom. The first-order valence-electron chi connectivity index (χ1n) is 8.69. The van der Waals surface area contributed by atoms with Crippen LogP contribution in [0.3, 0.4) is 0 Å². The molecule has 2 aromatic carbocycles. The van der Waals surface area contributed by atoms with Gasteiger partial charge >= 0.3 is 0 Å². The Hall–Kier alpha value is -1.80. The smallest absolute Gasteiger partial charge is 0.224 e. The first kappa shape index (κ1) is 23.2. The lowest BCUT2D eigenvalue weighted by atomic mass is 10.2. The summed E-state index contributed by atoms with van der Waals surface area (Å²) < 4.78 is 0. The van der Waals surface area contributed by atoms with Crippen LogP contribution >= 0.6 is 35.6 Å². The van der Waals surface area contributed by atoms with E-state index < -0.39 is 0 Å². The average Bonchev–Trinajstić information content (AvgIpc) is 2.63. The Labute approximate surface area is 183 Å². The van der Waals surface area contributed by atoms with Gasteiger partial charge < -0.3 is 16.0 Å². The Kier molecular flexibility index (Phi) is 10.8. The van der Waals surface area contributed by atoms with E-state index in [9.17, 15) is 4.79 Å². The van der Waals surface area contributed by atoms with Crippen molar-refractivity contribution >= 4 is 53.1 Å². The lowest BCUT2D eigenvalue weighted by Crippen LogP contribution is -2.36. The van der Waals surface area contributed by atoms with Gasteiger partial charge in [-0.1, -0.05) is 48.9 Å². The van der Waals surface area contributed by atoms with Gasteiger partial charge in [0.1, 0.15) is 0 Å². The van der Waals surface area contributed by atoms with Crippen LogP contribution in [0.2, 0.25) is 5.02 Å². The van der Waals surface area contributed by atoms with Gasteiger partial charge in [0.2, 0.25) is 5.91 Å². The molecule has 0 atom stereocenters. The molecule has 0 aliphatic carbocycles. The van der Waals surface area contributed by atoms with Crippen molar-refractivity contribution in [3.05, 3.63) is 64.7 Å². The molecule has 146 valence electrons. The quantitative estimate of drug-likeness (QED) is 0.297. The van der Waals surface area contributed by atoms with Gasteiger partial charge in [0.25, 0.3) is 0 Å². The Morgan fingerprint density at radius 3 is 2.52 bits per heavy atom. The number of halogens is 2. The monoisotopic (exact) mass is 500 g/mol. The van der Waals surface area contributed by atoms with Crippen LogP contribution < -0.4 is 16.0 Å². The number of anilines is 1. The summed E-state index contributed by atoms with van der Waals surface area (Å²) in [6.45, 7) is 3.17. The van der Waals surface area contributed by atoms with E-state index in [1.807, 2.05) is 55.5 Å². The molecule has 2 aromatic rings. The lowest BCUT2D eigenvalue weighted by molar-refractivity contribution is -0.116. The Balaban J connectivity index is 0.00000364. The van der Waals surface area contributed by atoms with Gasteiger partial charge in [-0.05, 0) is 35.7 Å². The van der Waals surface area contributed by atoms with Crippen LogP contribution in [-0.4, -0.2) is 18.9 Å². The van der Waals surface area contributed by atoms with E-state index in [0.717, 1.165) is 28.3 Å². The summed E-state index contributed by atoms with van der Waals surface area (Å²) in [6.07, 6.45) is 1.36. The number of benzene rings is 2. The number of hydrogen-bond donors (Lipinski definition) is 3. The minimum Gasteiger partial charge on any atom is -0.352 e. The van der Waals surface area contributed by atoms with Gasteiger partial charge in [0.05, 0.1) is 0 Å². The van der Waals surface area contributed by atoms with E-state index in [4.69, 9.17) is 11.6 Å². The van der Waals surface area contributed by atoms with Crippen molar-refractivity contribution < 1.29 is 4.79 Å². The average molecular weight is 501 g/mol. The largest absolute Gasteiger partial charge is 0.352 e. The molecule has 0 aliphatic rings. The van der Waals surface area contributed by atoms with E-state index in [2.05, 4.69) is 20.9 Å². The third-order valence-corrected chi connectivity index (χ3v) is 4.14. The Morgan fingerprint density at radius 1 is 1.07 bits per heavy atom. The first-order valence-corrected chi connectivity index (χ1v) is 9.07. The Bertz CT molecular complexity index is 767. The number of amides is 1. The van der Waals surface area contributed by atoms with Crippen molar-refractivity contribution in [2.24, 2.45) is 4.99 Å². The molecule has 1 amide bonds. The second-order valence-electron chi connectivity index (χ2n) is 5.87. The summed E-state index contributed by atoms with van der Waals surface area (Å²) >= 11 is 6.17. The molecule has 27 heavy (non-hydrogen) atoms. The number of nitrogens with zero attached hydrogens (tertiary/aromatic N) is 1. The van der Waals surface area contributed by atoms with Crippen molar-refractivity contribution in [3.8, 4) is 0 Å². The second-order valence-corrected chi connectivity index (χ2v) is 6.28. The predicted octanol–water partition coefficient (Wildman–Crippen LogP) is 4.56. The third kappa shape index (κ3) is 8.17. The van der Waals surface area contributed by atoms with Crippen molar-refractivity contribution in [1.82, 2.24) is 10.6 Å². The molecule has 7 heteroatoms. The summed E-state index contributed by atoms with van der Waals surface area (Å²) in [5.41, 5.74) is 2.87. The van der Waals surface area contributed by atoms with Gasteiger partial charge in [-0.2, -0.15) is 0 Å². The highest BCUT2D eigenvalue weighted by Gasteiger charge is 2.04. The highest BCUT2D eigenvalue weighted by atomic mass is 127. The summed E-state index contributed by atoms with van der Waals surface area (Å²) in [7, 11) is 1.73.